The van der Waals surface area contributed by atoms with E-state index in [1.807, 2.05) is 55.2 Å². The first-order chi connectivity index (χ1) is 10.1. The Bertz CT molecular complexity index is 467. The molecule has 1 aromatic carbocycles. The number of nitrogens with zero attached hydrogens (tertiary/aromatic N) is 2. The molecule has 0 radical (unpaired) electrons. The van der Waals surface area contributed by atoms with E-state index in [9.17, 15) is 4.79 Å². The van der Waals surface area contributed by atoms with Crippen molar-refractivity contribution in [2.75, 3.05) is 45.7 Å². The molecule has 0 aliphatic carbocycles. The molecule has 0 atom stereocenters. The fraction of sp³-hybridized carbons (Fsp3) is 0.588. The van der Waals surface area contributed by atoms with E-state index in [0.29, 0.717) is 0 Å². The Hall–Kier alpha value is -1.55. The molecule has 0 aromatic heterocycles. The molecule has 1 aliphatic heterocycles. The van der Waals surface area contributed by atoms with Gasteiger partial charge in [-0.25, -0.2) is 0 Å². The third-order valence-corrected chi connectivity index (χ3v) is 4.29. The number of rotatable bonds is 5. The number of hydrogen-bond acceptors (Lipinski definition) is 3. The van der Waals surface area contributed by atoms with Crippen LogP contribution in [-0.2, 0) is 0 Å². The van der Waals surface area contributed by atoms with Crippen LogP contribution < -0.4 is 10.2 Å². The Kier molecular flexibility index (Phi) is 5.62. The lowest BCUT2D eigenvalue weighted by Crippen LogP contribution is -2.32. The topological polar surface area (TPSA) is 35.6 Å². The summed E-state index contributed by atoms with van der Waals surface area (Å²) in [5.41, 5.74) is 1.83. The van der Waals surface area contributed by atoms with Crippen LogP contribution >= 0.6 is 0 Å². The maximum Gasteiger partial charge on any atom is 0.253 e. The van der Waals surface area contributed by atoms with Gasteiger partial charge >= 0.3 is 0 Å². The average molecular weight is 289 g/mol. The minimum atomic E-state index is 0.118. The second kappa shape index (κ2) is 7.46. The molecule has 1 heterocycles. The third-order valence-electron chi connectivity index (χ3n) is 4.29. The van der Waals surface area contributed by atoms with Crippen molar-refractivity contribution in [2.24, 2.45) is 5.92 Å². The van der Waals surface area contributed by atoms with Crippen molar-refractivity contribution in [1.82, 2.24) is 10.2 Å². The summed E-state index contributed by atoms with van der Waals surface area (Å²) < 4.78 is 0. The van der Waals surface area contributed by atoms with Crippen LogP contribution in [0, 0.1) is 5.92 Å². The zero-order valence-electron chi connectivity index (χ0n) is 13.4. The van der Waals surface area contributed by atoms with Crippen molar-refractivity contribution in [1.29, 1.82) is 0 Å². The number of carbonyl (C=O) groups excluding carboxylic acids is 1. The van der Waals surface area contributed by atoms with E-state index >= 15 is 0 Å². The van der Waals surface area contributed by atoms with Gasteiger partial charge in [-0.15, -0.1) is 0 Å². The molecule has 4 nitrogen and oxygen atoms in total. The summed E-state index contributed by atoms with van der Waals surface area (Å²) >= 11 is 0. The maximum absolute atomic E-state index is 12.5. The van der Waals surface area contributed by atoms with Crippen LogP contribution in [-0.4, -0.2) is 51.6 Å². The Morgan fingerprint density at radius 1 is 1.24 bits per heavy atom. The lowest BCUT2D eigenvalue weighted by Gasteiger charge is -2.25. The molecular weight excluding hydrogens is 262 g/mol. The Balaban J connectivity index is 1.90. The predicted molar refractivity (Wildman–Crippen MR) is 87.9 cm³/mol. The molecule has 1 saturated heterocycles. The number of nitrogens with one attached hydrogen (secondary N) is 1. The van der Waals surface area contributed by atoms with Gasteiger partial charge in [0.15, 0.2) is 0 Å². The Morgan fingerprint density at radius 3 is 2.62 bits per heavy atom. The lowest BCUT2D eigenvalue weighted by molar-refractivity contribution is 0.0784. The highest BCUT2D eigenvalue weighted by atomic mass is 16.2. The fourth-order valence-corrected chi connectivity index (χ4v) is 2.79. The molecule has 1 fully saturated rings. The monoisotopic (exact) mass is 289 g/mol. The number of piperidine rings is 1. The summed E-state index contributed by atoms with van der Waals surface area (Å²) in [5, 5.41) is 3.38. The van der Waals surface area contributed by atoms with Gasteiger partial charge in [-0.05, 0) is 56.5 Å². The van der Waals surface area contributed by atoms with Crippen molar-refractivity contribution >= 4 is 11.6 Å². The van der Waals surface area contributed by atoms with E-state index in [0.717, 1.165) is 43.2 Å². The highest BCUT2D eigenvalue weighted by Crippen LogP contribution is 2.18. The van der Waals surface area contributed by atoms with E-state index in [1.165, 1.54) is 12.8 Å². The molecule has 1 amide bonds. The molecule has 1 N–H and O–H groups in total. The summed E-state index contributed by atoms with van der Waals surface area (Å²) in [7, 11) is 5.89. The van der Waals surface area contributed by atoms with Crippen LogP contribution in [0.2, 0.25) is 0 Å². The van der Waals surface area contributed by atoms with Crippen molar-refractivity contribution in [2.45, 2.75) is 19.3 Å². The van der Waals surface area contributed by atoms with Gasteiger partial charge in [-0.1, -0.05) is 6.07 Å². The molecule has 0 spiro atoms. The number of hydrogen-bond donors (Lipinski definition) is 1. The van der Waals surface area contributed by atoms with E-state index in [1.54, 1.807) is 0 Å². The Labute approximate surface area is 128 Å². The van der Waals surface area contributed by atoms with Crippen LogP contribution in [0.4, 0.5) is 5.69 Å². The molecule has 0 saturated carbocycles. The third kappa shape index (κ3) is 4.46. The quantitative estimate of drug-likeness (QED) is 0.903. The predicted octanol–water partition coefficient (Wildman–Crippen LogP) is 2.21. The number of amides is 1. The van der Waals surface area contributed by atoms with Crippen molar-refractivity contribution in [3.63, 3.8) is 0 Å². The molecular formula is C17H27N3O. The first-order valence-corrected chi connectivity index (χ1v) is 7.81. The van der Waals surface area contributed by atoms with Crippen molar-refractivity contribution < 1.29 is 4.79 Å². The molecule has 1 aromatic rings. The van der Waals surface area contributed by atoms with Crippen LogP contribution in [0.1, 0.15) is 29.6 Å². The van der Waals surface area contributed by atoms with Crippen LogP contribution in [0.3, 0.4) is 0 Å². The minimum absolute atomic E-state index is 0.118. The van der Waals surface area contributed by atoms with Gasteiger partial charge in [0.1, 0.15) is 0 Å². The first-order valence-electron chi connectivity index (χ1n) is 7.81. The van der Waals surface area contributed by atoms with Gasteiger partial charge in [0, 0.05) is 38.9 Å². The Morgan fingerprint density at radius 2 is 1.95 bits per heavy atom. The molecule has 2 rings (SSSR count). The number of carbonyl (C=O) groups is 1. The average Bonchev–Trinajstić information content (AvgIpc) is 2.53. The summed E-state index contributed by atoms with van der Waals surface area (Å²) in [4.78, 5) is 16.4. The van der Waals surface area contributed by atoms with Crippen molar-refractivity contribution in [3.05, 3.63) is 29.8 Å². The first kappa shape index (κ1) is 15.8. The molecule has 4 heteroatoms. The van der Waals surface area contributed by atoms with Crippen LogP contribution in [0.5, 0.6) is 0 Å². The van der Waals surface area contributed by atoms with Gasteiger partial charge in [0.25, 0.3) is 5.91 Å². The molecule has 0 bridgehead atoms. The molecule has 116 valence electrons. The number of anilines is 1. The largest absolute Gasteiger partial charge is 0.378 e. The van der Waals surface area contributed by atoms with Gasteiger partial charge in [-0.2, -0.15) is 0 Å². The summed E-state index contributed by atoms with van der Waals surface area (Å²) in [6.07, 6.45) is 3.58. The summed E-state index contributed by atoms with van der Waals surface area (Å²) in [6, 6.07) is 7.83. The van der Waals surface area contributed by atoms with Crippen molar-refractivity contribution in [3.8, 4) is 0 Å². The minimum Gasteiger partial charge on any atom is -0.378 e. The zero-order chi connectivity index (χ0) is 15.2. The molecule has 1 aliphatic rings. The zero-order valence-corrected chi connectivity index (χ0v) is 13.4. The van der Waals surface area contributed by atoms with E-state index in [2.05, 4.69) is 5.32 Å². The highest BCUT2D eigenvalue weighted by Gasteiger charge is 2.16. The molecule has 0 unspecified atom stereocenters. The van der Waals surface area contributed by atoms with Gasteiger partial charge in [0.05, 0.1) is 0 Å². The fourth-order valence-electron chi connectivity index (χ4n) is 2.79. The lowest BCUT2D eigenvalue weighted by atomic mass is 9.94. The maximum atomic E-state index is 12.5. The smallest absolute Gasteiger partial charge is 0.253 e. The summed E-state index contributed by atoms with van der Waals surface area (Å²) in [6.45, 7) is 3.08. The van der Waals surface area contributed by atoms with E-state index in [-0.39, 0.29) is 5.91 Å². The van der Waals surface area contributed by atoms with Crippen LogP contribution in [0.15, 0.2) is 24.3 Å². The second-order valence-electron chi connectivity index (χ2n) is 6.15. The number of benzene rings is 1. The second-order valence-corrected chi connectivity index (χ2v) is 6.15. The highest BCUT2D eigenvalue weighted by molar-refractivity contribution is 5.95. The van der Waals surface area contributed by atoms with Gasteiger partial charge in [-0.3, -0.25) is 4.79 Å². The standard InChI is InChI=1S/C17H27N3O/c1-19(2)16-6-4-5-15(13-16)17(21)20(3)12-9-14-7-10-18-11-8-14/h4-6,13-14,18H,7-12H2,1-3H3. The van der Waals surface area contributed by atoms with Crippen LogP contribution in [0.25, 0.3) is 0 Å². The molecule has 21 heavy (non-hydrogen) atoms. The van der Waals surface area contributed by atoms with E-state index < -0.39 is 0 Å². The normalized spacial score (nSPS) is 15.8. The van der Waals surface area contributed by atoms with Gasteiger partial charge < -0.3 is 15.1 Å². The van der Waals surface area contributed by atoms with Gasteiger partial charge in [0.2, 0.25) is 0 Å². The van der Waals surface area contributed by atoms with E-state index in [4.69, 9.17) is 0 Å². The SMILES string of the molecule is CN(CCC1CCNCC1)C(=O)c1cccc(N(C)C)c1. The summed E-state index contributed by atoms with van der Waals surface area (Å²) in [5.74, 6) is 0.877.